The van der Waals surface area contributed by atoms with E-state index in [1.54, 1.807) is 0 Å². The maximum atomic E-state index is 12.7. The molecular weight excluding hydrogens is 350 g/mol. The van der Waals surface area contributed by atoms with E-state index in [1.807, 2.05) is 4.90 Å². The lowest BCUT2D eigenvalue weighted by atomic mass is 9.53. The van der Waals surface area contributed by atoms with Gasteiger partial charge in [-0.15, -0.1) is 0 Å². The fourth-order valence-electron chi connectivity index (χ4n) is 6.87. The van der Waals surface area contributed by atoms with E-state index in [0.29, 0.717) is 13.0 Å². The molecule has 4 aliphatic carbocycles. The van der Waals surface area contributed by atoms with Gasteiger partial charge >= 0.3 is 6.03 Å². The number of hydrogen-bond donors (Lipinski definition) is 2. The summed E-state index contributed by atoms with van der Waals surface area (Å²) in [4.78, 5) is 27.1. The second kappa shape index (κ2) is 6.78. The number of hydrogen-bond acceptors (Lipinski definition) is 2. The van der Waals surface area contributed by atoms with Gasteiger partial charge in [0.05, 0.1) is 0 Å². The van der Waals surface area contributed by atoms with Crippen molar-refractivity contribution in [3.8, 4) is 0 Å². The molecule has 1 aliphatic heterocycles. The molecule has 0 unspecified atom stereocenters. The first-order valence-corrected chi connectivity index (χ1v) is 11.0. The third-order valence-corrected chi connectivity index (χ3v) is 7.54. The molecule has 1 aromatic rings. The van der Waals surface area contributed by atoms with E-state index in [-0.39, 0.29) is 17.5 Å². The molecule has 5 heteroatoms. The summed E-state index contributed by atoms with van der Waals surface area (Å²) < 4.78 is 0. The minimum absolute atomic E-state index is 0.0217. The highest BCUT2D eigenvalue weighted by Gasteiger charge is 2.51. The molecule has 0 saturated heterocycles. The van der Waals surface area contributed by atoms with Crippen LogP contribution in [0.4, 0.5) is 10.5 Å². The largest absolute Gasteiger partial charge is 0.338 e. The van der Waals surface area contributed by atoms with Crippen LogP contribution in [0.25, 0.3) is 0 Å². The highest BCUT2D eigenvalue weighted by Crippen LogP contribution is 2.55. The number of carbonyl (C=O) groups is 2. The van der Waals surface area contributed by atoms with Gasteiger partial charge in [-0.05, 0) is 80.8 Å². The molecule has 0 atom stereocenters. The summed E-state index contributed by atoms with van der Waals surface area (Å²) >= 11 is 0. The highest BCUT2D eigenvalue weighted by molar-refractivity contribution is 5.96. The van der Waals surface area contributed by atoms with E-state index in [2.05, 4.69) is 35.8 Å². The molecule has 6 rings (SSSR count). The van der Waals surface area contributed by atoms with Crippen molar-refractivity contribution in [2.75, 3.05) is 18.0 Å². The van der Waals surface area contributed by atoms with Crippen molar-refractivity contribution in [3.63, 3.8) is 0 Å². The number of nitrogens with zero attached hydrogens (tertiary/aromatic N) is 1. The number of anilines is 1. The van der Waals surface area contributed by atoms with Crippen molar-refractivity contribution in [1.82, 2.24) is 10.6 Å². The number of carbonyl (C=O) groups excluding carboxylic acids is 2. The van der Waals surface area contributed by atoms with Crippen LogP contribution in [0.1, 0.15) is 56.1 Å². The van der Waals surface area contributed by atoms with Gasteiger partial charge in [-0.3, -0.25) is 4.79 Å². The van der Waals surface area contributed by atoms with Crippen LogP contribution in [-0.4, -0.2) is 30.6 Å². The third kappa shape index (κ3) is 3.19. The molecule has 1 aromatic carbocycles. The Morgan fingerprint density at radius 2 is 1.79 bits per heavy atom. The zero-order valence-electron chi connectivity index (χ0n) is 16.8. The highest BCUT2D eigenvalue weighted by atomic mass is 16.2. The van der Waals surface area contributed by atoms with Crippen molar-refractivity contribution in [3.05, 3.63) is 29.3 Å². The van der Waals surface area contributed by atoms with Crippen LogP contribution in [0.3, 0.4) is 0 Å². The molecule has 150 valence electrons. The SMILES string of the molecule is Cc1cccc2c1N(C(=O)CCNC(=O)NC13CC4CC(CC(C4)C1)C3)CC2. The lowest BCUT2D eigenvalue weighted by molar-refractivity contribution is -0.118. The van der Waals surface area contributed by atoms with Gasteiger partial charge in [0.1, 0.15) is 0 Å². The lowest BCUT2D eigenvalue weighted by Crippen LogP contribution is -2.61. The van der Waals surface area contributed by atoms with Crippen molar-refractivity contribution in [2.45, 2.75) is 63.8 Å². The topological polar surface area (TPSA) is 61.4 Å². The van der Waals surface area contributed by atoms with Crippen molar-refractivity contribution >= 4 is 17.6 Å². The first-order valence-electron chi connectivity index (χ1n) is 11.0. The predicted molar refractivity (Wildman–Crippen MR) is 109 cm³/mol. The van der Waals surface area contributed by atoms with Gasteiger partial charge in [-0.2, -0.15) is 0 Å². The minimum Gasteiger partial charge on any atom is -0.338 e. The van der Waals surface area contributed by atoms with Crippen LogP contribution in [0.15, 0.2) is 18.2 Å². The molecule has 0 aromatic heterocycles. The molecule has 5 aliphatic rings. The molecule has 5 nitrogen and oxygen atoms in total. The van der Waals surface area contributed by atoms with Gasteiger partial charge in [-0.1, -0.05) is 18.2 Å². The fourth-order valence-corrected chi connectivity index (χ4v) is 6.87. The summed E-state index contributed by atoms with van der Waals surface area (Å²) in [7, 11) is 0. The summed E-state index contributed by atoms with van der Waals surface area (Å²) in [6.45, 7) is 3.20. The number of fused-ring (bicyclic) bond motifs is 1. The van der Waals surface area contributed by atoms with Gasteiger partial charge in [0, 0.05) is 30.7 Å². The first kappa shape index (κ1) is 18.0. The van der Waals surface area contributed by atoms with E-state index >= 15 is 0 Å². The average molecular weight is 382 g/mol. The summed E-state index contributed by atoms with van der Waals surface area (Å²) in [6.07, 6.45) is 8.82. The van der Waals surface area contributed by atoms with E-state index in [4.69, 9.17) is 0 Å². The van der Waals surface area contributed by atoms with Crippen molar-refractivity contribution < 1.29 is 9.59 Å². The van der Waals surface area contributed by atoms with Crippen LogP contribution in [0.5, 0.6) is 0 Å². The number of aryl methyl sites for hydroxylation is 1. The molecule has 2 N–H and O–H groups in total. The third-order valence-electron chi connectivity index (χ3n) is 7.54. The summed E-state index contributed by atoms with van der Waals surface area (Å²) in [5.41, 5.74) is 3.50. The zero-order valence-corrected chi connectivity index (χ0v) is 16.8. The molecule has 4 bridgehead atoms. The minimum atomic E-state index is -0.0900. The second-order valence-electron chi connectivity index (χ2n) is 9.71. The first-order chi connectivity index (χ1) is 13.5. The van der Waals surface area contributed by atoms with E-state index < -0.39 is 0 Å². The maximum absolute atomic E-state index is 12.7. The Kier molecular flexibility index (Phi) is 4.37. The number of para-hydroxylation sites is 1. The average Bonchev–Trinajstić information content (AvgIpc) is 3.05. The number of nitrogens with one attached hydrogen (secondary N) is 2. The molecule has 4 fully saturated rings. The van der Waals surface area contributed by atoms with E-state index in [1.165, 1.54) is 24.8 Å². The second-order valence-corrected chi connectivity index (χ2v) is 9.71. The number of urea groups is 1. The van der Waals surface area contributed by atoms with Crippen molar-refractivity contribution in [1.29, 1.82) is 0 Å². The van der Waals surface area contributed by atoms with Crippen molar-refractivity contribution in [2.24, 2.45) is 17.8 Å². The fraction of sp³-hybridized carbons (Fsp3) is 0.652. The molecule has 0 spiro atoms. The molecule has 1 heterocycles. The number of amides is 3. The summed E-state index contributed by atoms with van der Waals surface area (Å²) in [5, 5.41) is 6.27. The van der Waals surface area contributed by atoms with Gasteiger partial charge in [0.15, 0.2) is 0 Å². The Balaban J connectivity index is 1.13. The molecule has 28 heavy (non-hydrogen) atoms. The number of rotatable bonds is 4. The molecule has 0 radical (unpaired) electrons. The molecule has 4 saturated carbocycles. The van der Waals surface area contributed by atoms with Gasteiger partial charge < -0.3 is 15.5 Å². The van der Waals surface area contributed by atoms with Crippen LogP contribution in [0, 0.1) is 24.7 Å². The normalized spacial score (nSPS) is 32.3. The number of benzene rings is 1. The Bertz CT molecular complexity index is 768. The Morgan fingerprint density at radius 3 is 2.46 bits per heavy atom. The lowest BCUT2D eigenvalue weighted by Gasteiger charge is -2.56. The Hall–Kier alpha value is -2.04. The summed E-state index contributed by atoms with van der Waals surface area (Å²) in [6, 6.07) is 6.13. The Labute approximate surface area is 167 Å². The summed E-state index contributed by atoms with van der Waals surface area (Å²) in [5.74, 6) is 2.54. The molecule has 3 amide bonds. The quantitative estimate of drug-likeness (QED) is 0.838. The smallest absolute Gasteiger partial charge is 0.315 e. The van der Waals surface area contributed by atoms with Crippen LogP contribution in [-0.2, 0) is 11.2 Å². The Morgan fingerprint density at radius 1 is 1.11 bits per heavy atom. The zero-order chi connectivity index (χ0) is 19.3. The van der Waals surface area contributed by atoms with E-state index in [0.717, 1.165) is 61.2 Å². The van der Waals surface area contributed by atoms with Crippen LogP contribution >= 0.6 is 0 Å². The van der Waals surface area contributed by atoms with Crippen LogP contribution in [0.2, 0.25) is 0 Å². The molecular formula is C23H31N3O2. The van der Waals surface area contributed by atoms with Gasteiger partial charge in [-0.25, -0.2) is 4.79 Å². The monoisotopic (exact) mass is 381 g/mol. The van der Waals surface area contributed by atoms with Gasteiger partial charge in [0.25, 0.3) is 0 Å². The van der Waals surface area contributed by atoms with Gasteiger partial charge in [0.2, 0.25) is 5.91 Å². The standard InChI is InChI=1S/C23H31N3O2/c1-15-3-2-4-19-6-8-26(21(15)19)20(27)5-7-24-22(28)25-23-12-16-9-17(13-23)11-18(10-16)14-23/h2-4,16-18H,5-14H2,1H3,(H2,24,25,28). The van der Waals surface area contributed by atoms with Crippen LogP contribution < -0.4 is 15.5 Å². The predicted octanol–water partition coefficient (Wildman–Crippen LogP) is 3.54. The maximum Gasteiger partial charge on any atom is 0.315 e. The van der Waals surface area contributed by atoms with E-state index in [9.17, 15) is 9.59 Å².